The quantitative estimate of drug-likeness (QED) is 0.908. The van der Waals surface area contributed by atoms with E-state index in [-0.39, 0.29) is 12.4 Å². The molecular formula is C13H19BrClNO. The molecule has 17 heavy (non-hydrogen) atoms. The van der Waals surface area contributed by atoms with Gasteiger partial charge in [0.2, 0.25) is 0 Å². The highest BCUT2D eigenvalue weighted by molar-refractivity contribution is 9.10. The van der Waals surface area contributed by atoms with E-state index in [9.17, 15) is 0 Å². The topological polar surface area (TPSA) is 21.3 Å². The molecule has 1 aliphatic rings. The highest BCUT2D eigenvalue weighted by Crippen LogP contribution is 2.25. The van der Waals surface area contributed by atoms with Gasteiger partial charge in [0.15, 0.2) is 0 Å². The first-order valence-electron chi connectivity index (χ1n) is 5.85. The van der Waals surface area contributed by atoms with E-state index in [1.807, 2.05) is 6.07 Å². The molecule has 0 atom stereocenters. The fourth-order valence-electron chi connectivity index (χ4n) is 2.21. The van der Waals surface area contributed by atoms with Crippen molar-refractivity contribution in [2.75, 3.05) is 7.11 Å². The Balaban J connectivity index is 0.00000144. The standard InChI is InChI=1S/C13H18BrNO.ClH/c1-16-13-7-6-10(8-12(13)14)9-15-11-4-2-3-5-11;/h6-8,11,15H,2-5,9H2,1H3;1H. The molecule has 0 bridgehead atoms. The van der Waals surface area contributed by atoms with Crippen LogP contribution in [0.15, 0.2) is 22.7 Å². The molecular weight excluding hydrogens is 302 g/mol. The molecule has 1 saturated carbocycles. The lowest BCUT2D eigenvalue weighted by Crippen LogP contribution is -2.25. The van der Waals surface area contributed by atoms with Gasteiger partial charge in [-0.2, -0.15) is 0 Å². The van der Waals surface area contributed by atoms with Gasteiger partial charge >= 0.3 is 0 Å². The second-order valence-electron chi connectivity index (χ2n) is 4.33. The van der Waals surface area contributed by atoms with Crippen LogP contribution in [0, 0.1) is 0 Å². The third kappa shape index (κ3) is 4.16. The maximum Gasteiger partial charge on any atom is 0.133 e. The molecule has 1 N–H and O–H groups in total. The van der Waals surface area contributed by atoms with Crippen molar-refractivity contribution in [1.29, 1.82) is 0 Å². The third-order valence-corrected chi connectivity index (χ3v) is 3.79. The Morgan fingerprint density at radius 2 is 2.06 bits per heavy atom. The van der Waals surface area contributed by atoms with Gasteiger partial charge in [-0.05, 0) is 46.5 Å². The fraction of sp³-hybridized carbons (Fsp3) is 0.538. The van der Waals surface area contributed by atoms with Crippen LogP contribution in [0.5, 0.6) is 5.75 Å². The fourth-order valence-corrected chi connectivity index (χ4v) is 2.80. The minimum atomic E-state index is 0. The van der Waals surface area contributed by atoms with Gasteiger partial charge < -0.3 is 10.1 Å². The zero-order valence-corrected chi connectivity index (χ0v) is 12.4. The Hall–Kier alpha value is -0.250. The van der Waals surface area contributed by atoms with Crippen molar-refractivity contribution in [2.24, 2.45) is 0 Å². The molecule has 1 aromatic carbocycles. The molecule has 1 aromatic rings. The van der Waals surface area contributed by atoms with Gasteiger partial charge in [-0.3, -0.25) is 0 Å². The molecule has 0 aromatic heterocycles. The van der Waals surface area contributed by atoms with Gasteiger partial charge in [-0.25, -0.2) is 0 Å². The summed E-state index contributed by atoms with van der Waals surface area (Å²) in [5, 5.41) is 3.60. The van der Waals surface area contributed by atoms with E-state index >= 15 is 0 Å². The molecule has 0 spiro atoms. The molecule has 0 aliphatic heterocycles. The van der Waals surface area contributed by atoms with Crippen molar-refractivity contribution in [3.05, 3.63) is 28.2 Å². The number of benzene rings is 1. The monoisotopic (exact) mass is 319 g/mol. The molecule has 0 radical (unpaired) electrons. The molecule has 0 heterocycles. The molecule has 4 heteroatoms. The largest absolute Gasteiger partial charge is 0.496 e. The Morgan fingerprint density at radius 1 is 1.35 bits per heavy atom. The molecule has 0 unspecified atom stereocenters. The Bertz CT molecular complexity index is 353. The second kappa shape index (κ2) is 7.24. The van der Waals surface area contributed by atoms with Crippen LogP contribution in [-0.2, 0) is 6.54 Å². The van der Waals surface area contributed by atoms with Crippen LogP contribution >= 0.6 is 28.3 Å². The summed E-state index contributed by atoms with van der Waals surface area (Å²) < 4.78 is 6.24. The molecule has 1 aliphatic carbocycles. The third-order valence-electron chi connectivity index (χ3n) is 3.17. The van der Waals surface area contributed by atoms with Crippen molar-refractivity contribution in [2.45, 2.75) is 38.3 Å². The highest BCUT2D eigenvalue weighted by atomic mass is 79.9. The summed E-state index contributed by atoms with van der Waals surface area (Å²) in [7, 11) is 1.69. The van der Waals surface area contributed by atoms with Crippen molar-refractivity contribution < 1.29 is 4.74 Å². The average molecular weight is 321 g/mol. The van der Waals surface area contributed by atoms with E-state index in [1.54, 1.807) is 7.11 Å². The SMILES string of the molecule is COc1ccc(CNC2CCCC2)cc1Br.Cl. The average Bonchev–Trinajstić information content (AvgIpc) is 2.79. The number of ether oxygens (including phenoxy) is 1. The predicted octanol–water partition coefficient (Wildman–Crippen LogP) is 3.91. The number of halogens is 2. The summed E-state index contributed by atoms with van der Waals surface area (Å²) in [6.07, 6.45) is 5.42. The Kier molecular flexibility index (Phi) is 6.31. The van der Waals surface area contributed by atoms with Crippen molar-refractivity contribution in [3.63, 3.8) is 0 Å². The molecule has 0 saturated heterocycles. The number of hydrogen-bond acceptors (Lipinski definition) is 2. The van der Waals surface area contributed by atoms with Gasteiger partial charge in [-0.1, -0.05) is 18.9 Å². The van der Waals surface area contributed by atoms with Gasteiger partial charge in [-0.15, -0.1) is 12.4 Å². The van der Waals surface area contributed by atoms with Crippen molar-refractivity contribution >= 4 is 28.3 Å². The lowest BCUT2D eigenvalue weighted by molar-refractivity contribution is 0.412. The van der Waals surface area contributed by atoms with Gasteiger partial charge in [0, 0.05) is 12.6 Å². The molecule has 1 fully saturated rings. The number of methoxy groups -OCH3 is 1. The van der Waals surface area contributed by atoms with Crippen LogP contribution in [0.25, 0.3) is 0 Å². The molecule has 2 rings (SSSR count). The number of hydrogen-bond donors (Lipinski definition) is 1. The Morgan fingerprint density at radius 3 is 2.65 bits per heavy atom. The second-order valence-corrected chi connectivity index (χ2v) is 5.19. The first-order valence-corrected chi connectivity index (χ1v) is 6.64. The van der Waals surface area contributed by atoms with E-state index in [0.29, 0.717) is 0 Å². The van der Waals surface area contributed by atoms with E-state index in [1.165, 1.54) is 31.2 Å². The molecule has 96 valence electrons. The highest BCUT2D eigenvalue weighted by Gasteiger charge is 2.13. The zero-order chi connectivity index (χ0) is 11.4. The summed E-state index contributed by atoms with van der Waals surface area (Å²) in [4.78, 5) is 0. The molecule has 0 amide bonds. The van der Waals surface area contributed by atoms with E-state index < -0.39 is 0 Å². The van der Waals surface area contributed by atoms with E-state index in [0.717, 1.165) is 22.8 Å². The van der Waals surface area contributed by atoms with Crippen molar-refractivity contribution in [1.82, 2.24) is 5.32 Å². The zero-order valence-electron chi connectivity index (χ0n) is 10.0. The predicted molar refractivity (Wildman–Crippen MR) is 77.0 cm³/mol. The van der Waals surface area contributed by atoms with Gasteiger partial charge in [0.25, 0.3) is 0 Å². The molecule has 2 nitrogen and oxygen atoms in total. The normalized spacial score (nSPS) is 15.6. The van der Waals surface area contributed by atoms with Crippen LogP contribution in [0.3, 0.4) is 0 Å². The first kappa shape index (κ1) is 14.8. The minimum Gasteiger partial charge on any atom is -0.496 e. The number of rotatable bonds is 4. The van der Waals surface area contributed by atoms with Crippen molar-refractivity contribution in [3.8, 4) is 5.75 Å². The van der Waals surface area contributed by atoms with Crippen LogP contribution in [0.2, 0.25) is 0 Å². The van der Waals surface area contributed by atoms with Crippen LogP contribution in [0.1, 0.15) is 31.2 Å². The summed E-state index contributed by atoms with van der Waals surface area (Å²) in [6.45, 7) is 0.952. The summed E-state index contributed by atoms with van der Waals surface area (Å²) in [5.74, 6) is 0.893. The Labute approximate surface area is 118 Å². The van der Waals surface area contributed by atoms with Gasteiger partial charge in [0.05, 0.1) is 11.6 Å². The van der Waals surface area contributed by atoms with E-state index in [4.69, 9.17) is 4.74 Å². The summed E-state index contributed by atoms with van der Waals surface area (Å²) >= 11 is 3.51. The lowest BCUT2D eigenvalue weighted by Gasteiger charge is -2.12. The van der Waals surface area contributed by atoms with Crippen LogP contribution < -0.4 is 10.1 Å². The summed E-state index contributed by atoms with van der Waals surface area (Å²) in [6, 6.07) is 6.98. The minimum absolute atomic E-state index is 0. The van der Waals surface area contributed by atoms with Crippen LogP contribution in [-0.4, -0.2) is 13.2 Å². The maximum atomic E-state index is 5.21. The lowest BCUT2D eigenvalue weighted by atomic mass is 10.2. The maximum absolute atomic E-state index is 5.21. The van der Waals surface area contributed by atoms with Crippen LogP contribution in [0.4, 0.5) is 0 Å². The van der Waals surface area contributed by atoms with Gasteiger partial charge in [0.1, 0.15) is 5.75 Å². The summed E-state index contributed by atoms with van der Waals surface area (Å²) in [5.41, 5.74) is 1.31. The van der Waals surface area contributed by atoms with E-state index in [2.05, 4.69) is 33.4 Å². The number of nitrogens with one attached hydrogen (secondary N) is 1. The first-order chi connectivity index (χ1) is 7.79. The smallest absolute Gasteiger partial charge is 0.133 e.